The van der Waals surface area contributed by atoms with Crippen LogP contribution in [0.1, 0.15) is 27.1 Å². The molecule has 0 atom stereocenters. The van der Waals surface area contributed by atoms with Gasteiger partial charge in [-0.1, -0.05) is 0 Å². The number of phenols is 1. The maximum absolute atomic E-state index is 11.8. The first-order chi connectivity index (χ1) is 8.60. The Morgan fingerprint density at radius 3 is 2.89 bits per heavy atom. The molecular formula is C12H14BrNO3S. The van der Waals surface area contributed by atoms with Gasteiger partial charge in [-0.25, -0.2) is 0 Å². The Hall–Kier alpha value is -1.01. The minimum absolute atomic E-state index is 0.0960. The number of rotatable bonds is 6. The molecule has 4 nitrogen and oxygen atoms in total. The van der Waals surface area contributed by atoms with Gasteiger partial charge in [0.1, 0.15) is 5.75 Å². The lowest BCUT2D eigenvalue weighted by atomic mass is 10.1. The number of halogens is 1. The quantitative estimate of drug-likeness (QED) is 0.620. The van der Waals surface area contributed by atoms with E-state index in [1.807, 2.05) is 6.26 Å². The van der Waals surface area contributed by atoms with E-state index in [-0.39, 0.29) is 17.2 Å². The zero-order valence-electron chi connectivity index (χ0n) is 9.90. The fourth-order valence-corrected chi connectivity index (χ4v) is 2.27. The van der Waals surface area contributed by atoms with Crippen LogP contribution in [0.3, 0.4) is 0 Å². The normalized spacial score (nSPS) is 10.1. The first-order valence-corrected chi connectivity index (χ1v) is 7.53. The molecule has 1 aromatic carbocycles. The second kappa shape index (κ2) is 7.43. The second-order valence-electron chi connectivity index (χ2n) is 3.62. The third-order valence-electron chi connectivity index (χ3n) is 2.29. The minimum atomic E-state index is -0.250. The fraction of sp³-hybridized carbons (Fsp3) is 0.333. The molecule has 0 aliphatic heterocycles. The predicted octanol–water partition coefficient (Wildman–Crippen LogP) is 2.45. The van der Waals surface area contributed by atoms with Gasteiger partial charge >= 0.3 is 0 Å². The van der Waals surface area contributed by atoms with Crippen molar-refractivity contribution in [1.82, 2.24) is 5.32 Å². The summed E-state index contributed by atoms with van der Waals surface area (Å²) in [5, 5.41) is 12.3. The van der Waals surface area contributed by atoms with Gasteiger partial charge in [0.05, 0.1) is 10.0 Å². The van der Waals surface area contributed by atoms with Crippen molar-refractivity contribution < 1.29 is 14.7 Å². The molecule has 2 N–H and O–H groups in total. The van der Waals surface area contributed by atoms with E-state index in [4.69, 9.17) is 0 Å². The summed E-state index contributed by atoms with van der Waals surface area (Å²) in [5.74, 6) is 0.586. The monoisotopic (exact) mass is 331 g/mol. The Bertz CT molecular complexity index is 451. The van der Waals surface area contributed by atoms with Gasteiger partial charge in [0, 0.05) is 12.1 Å². The zero-order valence-corrected chi connectivity index (χ0v) is 12.3. The highest BCUT2D eigenvalue weighted by molar-refractivity contribution is 9.10. The summed E-state index contributed by atoms with van der Waals surface area (Å²) in [6, 6.07) is 2.86. The number of aldehydes is 1. The molecule has 0 unspecified atom stereocenters. The number of amides is 1. The summed E-state index contributed by atoms with van der Waals surface area (Å²) in [6.45, 7) is 0.592. The molecule has 0 saturated carbocycles. The van der Waals surface area contributed by atoms with E-state index in [2.05, 4.69) is 21.2 Å². The summed E-state index contributed by atoms with van der Waals surface area (Å²) in [7, 11) is 0. The molecule has 98 valence electrons. The van der Waals surface area contributed by atoms with Crippen LogP contribution in [0.2, 0.25) is 0 Å². The summed E-state index contributed by atoms with van der Waals surface area (Å²) < 4.78 is 0.335. The average Bonchev–Trinajstić information content (AvgIpc) is 2.37. The van der Waals surface area contributed by atoms with E-state index in [0.29, 0.717) is 22.9 Å². The highest BCUT2D eigenvalue weighted by atomic mass is 79.9. The summed E-state index contributed by atoms with van der Waals surface area (Å²) in [4.78, 5) is 22.5. The molecule has 1 rings (SSSR count). The molecule has 6 heteroatoms. The van der Waals surface area contributed by atoms with Gasteiger partial charge in [0.25, 0.3) is 5.91 Å². The molecule has 0 saturated heterocycles. The van der Waals surface area contributed by atoms with Crippen molar-refractivity contribution in [2.24, 2.45) is 0 Å². The summed E-state index contributed by atoms with van der Waals surface area (Å²) >= 11 is 4.83. The number of phenolic OH excluding ortho intramolecular Hbond substituents is 1. The van der Waals surface area contributed by atoms with Gasteiger partial charge < -0.3 is 10.4 Å². The molecule has 1 aromatic rings. The van der Waals surface area contributed by atoms with Gasteiger partial charge in [-0.3, -0.25) is 9.59 Å². The van der Waals surface area contributed by atoms with E-state index in [0.717, 1.165) is 12.2 Å². The van der Waals surface area contributed by atoms with Crippen LogP contribution in [0.4, 0.5) is 0 Å². The molecule has 0 aliphatic carbocycles. The largest absolute Gasteiger partial charge is 0.506 e. The number of nitrogens with one attached hydrogen (secondary N) is 1. The second-order valence-corrected chi connectivity index (χ2v) is 5.46. The van der Waals surface area contributed by atoms with Gasteiger partial charge in [0.2, 0.25) is 0 Å². The number of carbonyl (C=O) groups excluding carboxylic acids is 2. The summed E-state index contributed by atoms with van der Waals surface area (Å²) in [6.07, 6.45) is 3.42. The van der Waals surface area contributed by atoms with Crippen LogP contribution in [-0.2, 0) is 0 Å². The predicted molar refractivity (Wildman–Crippen MR) is 76.5 cm³/mol. The van der Waals surface area contributed by atoms with Crippen LogP contribution >= 0.6 is 27.7 Å². The SMILES string of the molecule is CSCCCNC(=O)c1cc(Br)c(O)c(C=O)c1. The number of hydrogen-bond donors (Lipinski definition) is 2. The van der Waals surface area contributed by atoms with Crippen LogP contribution in [0, 0.1) is 0 Å². The Balaban J connectivity index is 2.74. The van der Waals surface area contributed by atoms with Crippen molar-refractivity contribution in [3.8, 4) is 5.75 Å². The highest BCUT2D eigenvalue weighted by Crippen LogP contribution is 2.28. The Labute approximate surface area is 118 Å². The van der Waals surface area contributed by atoms with Crippen molar-refractivity contribution >= 4 is 39.9 Å². The molecular weight excluding hydrogens is 318 g/mol. The molecule has 0 heterocycles. The van der Waals surface area contributed by atoms with Crippen molar-refractivity contribution in [1.29, 1.82) is 0 Å². The van der Waals surface area contributed by atoms with Gasteiger partial charge in [-0.05, 0) is 46.5 Å². The maximum atomic E-state index is 11.8. The first-order valence-electron chi connectivity index (χ1n) is 5.35. The maximum Gasteiger partial charge on any atom is 0.251 e. The van der Waals surface area contributed by atoms with E-state index >= 15 is 0 Å². The smallest absolute Gasteiger partial charge is 0.251 e. The topological polar surface area (TPSA) is 66.4 Å². The lowest BCUT2D eigenvalue weighted by molar-refractivity contribution is 0.0953. The van der Waals surface area contributed by atoms with Crippen LogP contribution in [0.15, 0.2) is 16.6 Å². The highest BCUT2D eigenvalue weighted by Gasteiger charge is 2.12. The van der Waals surface area contributed by atoms with E-state index < -0.39 is 0 Å². The molecule has 0 bridgehead atoms. The molecule has 18 heavy (non-hydrogen) atoms. The Morgan fingerprint density at radius 1 is 1.56 bits per heavy atom. The van der Waals surface area contributed by atoms with Gasteiger partial charge in [-0.15, -0.1) is 0 Å². The molecule has 0 aliphatic rings. The molecule has 1 amide bonds. The Morgan fingerprint density at radius 2 is 2.28 bits per heavy atom. The van der Waals surface area contributed by atoms with Crippen LogP contribution < -0.4 is 5.32 Å². The number of carbonyl (C=O) groups is 2. The van der Waals surface area contributed by atoms with Gasteiger partial charge in [0.15, 0.2) is 6.29 Å². The van der Waals surface area contributed by atoms with Crippen molar-refractivity contribution in [2.75, 3.05) is 18.6 Å². The van der Waals surface area contributed by atoms with Crippen LogP contribution in [0.25, 0.3) is 0 Å². The summed E-state index contributed by atoms with van der Waals surface area (Å²) in [5.41, 5.74) is 0.449. The van der Waals surface area contributed by atoms with E-state index in [1.165, 1.54) is 12.1 Å². The van der Waals surface area contributed by atoms with Crippen LogP contribution in [0.5, 0.6) is 5.75 Å². The first kappa shape index (κ1) is 15.0. The molecule has 0 fully saturated rings. The van der Waals surface area contributed by atoms with Crippen molar-refractivity contribution in [2.45, 2.75) is 6.42 Å². The number of thioether (sulfide) groups is 1. The molecule has 0 aromatic heterocycles. The molecule has 0 radical (unpaired) electrons. The number of benzene rings is 1. The zero-order chi connectivity index (χ0) is 13.5. The third kappa shape index (κ3) is 4.03. The number of hydrogen-bond acceptors (Lipinski definition) is 4. The van der Waals surface area contributed by atoms with E-state index in [1.54, 1.807) is 11.8 Å². The van der Waals surface area contributed by atoms with Crippen molar-refractivity contribution in [3.63, 3.8) is 0 Å². The standard InChI is InChI=1S/C12H14BrNO3S/c1-18-4-2-3-14-12(17)8-5-9(7-15)11(16)10(13)6-8/h5-7,16H,2-4H2,1H3,(H,14,17). The Kier molecular flexibility index (Phi) is 6.21. The van der Waals surface area contributed by atoms with E-state index in [9.17, 15) is 14.7 Å². The average molecular weight is 332 g/mol. The lowest BCUT2D eigenvalue weighted by Crippen LogP contribution is -2.24. The third-order valence-corrected chi connectivity index (χ3v) is 3.59. The lowest BCUT2D eigenvalue weighted by Gasteiger charge is -2.07. The van der Waals surface area contributed by atoms with Crippen molar-refractivity contribution in [3.05, 3.63) is 27.7 Å². The van der Waals surface area contributed by atoms with Crippen LogP contribution in [-0.4, -0.2) is 35.9 Å². The minimum Gasteiger partial charge on any atom is -0.506 e. The fourth-order valence-electron chi connectivity index (χ4n) is 1.36. The van der Waals surface area contributed by atoms with Gasteiger partial charge in [-0.2, -0.15) is 11.8 Å². The number of aromatic hydroxyl groups is 1. The molecule has 0 spiro atoms.